The smallest absolute Gasteiger partial charge is 0.0294 e. The van der Waals surface area contributed by atoms with Gasteiger partial charge in [0.2, 0.25) is 0 Å². The van der Waals surface area contributed by atoms with E-state index < -0.39 is 0 Å². The summed E-state index contributed by atoms with van der Waals surface area (Å²) in [5, 5.41) is 7.69. The van der Waals surface area contributed by atoms with Gasteiger partial charge in [0, 0.05) is 18.1 Å². The molecule has 3 rings (SSSR count). The van der Waals surface area contributed by atoms with Crippen molar-refractivity contribution >= 4 is 0 Å². The highest BCUT2D eigenvalue weighted by Crippen LogP contribution is 2.33. The van der Waals surface area contributed by atoms with Gasteiger partial charge in [-0.05, 0) is 57.6 Å². The molecule has 2 heteroatoms. The van der Waals surface area contributed by atoms with Gasteiger partial charge in [-0.2, -0.15) is 0 Å². The zero-order valence-electron chi connectivity index (χ0n) is 13.6. The summed E-state index contributed by atoms with van der Waals surface area (Å²) in [6, 6.07) is 10.9. The highest BCUT2D eigenvalue weighted by molar-refractivity contribution is 5.23. The molecule has 1 saturated carbocycles. The molecule has 2 N–H and O–H groups in total. The van der Waals surface area contributed by atoms with Crippen LogP contribution in [0, 0.1) is 12.8 Å². The van der Waals surface area contributed by atoms with Crippen LogP contribution in [0.2, 0.25) is 0 Å². The second-order valence-electron chi connectivity index (χ2n) is 7.06. The number of rotatable bonds is 4. The lowest BCUT2D eigenvalue weighted by molar-refractivity contribution is 0.248. The van der Waals surface area contributed by atoms with E-state index in [9.17, 15) is 0 Å². The maximum Gasteiger partial charge on any atom is 0.0294 e. The lowest BCUT2D eigenvalue weighted by Crippen LogP contribution is -2.47. The van der Waals surface area contributed by atoms with E-state index in [4.69, 9.17) is 0 Å². The summed E-state index contributed by atoms with van der Waals surface area (Å²) < 4.78 is 0. The average Bonchev–Trinajstić information content (AvgIpc) is 2.97. The van der Waals surface area contributed by atoms with Crippen LogP contribution in [0.3, 0.4) is 0 Å². The minimum absolute atomic E-state index is 0.458. The van der Waals surface area contributed by atoms with Crippen LogP contribution >= 0.6 is 0 Å². The van der Waals surface area contributed by atoms with Gasteiger partial charge in [-0.1, -0.05) is 42.7 Å². The van der Waals surface area contributed by atoms with E-state index >= 15 is 0 Å². The molecule has 1 saturated heterocycles. The molecule has 2 aliphatic rings. The fraction of sp³-hybridized carbons (Fsp3) is 0.684. The maximum atomic E-state index is 3.92. The van der Waals surface area contributed by atoms with Crippen LogP contribution in [-0.2, 0) is 0 Å². The van der Waals surface area contributed by atoms with Gasteiger partial charge < -0.3 is 10.6 Å². The van der Waals surface area contributed by atoms with Crippen molar-refractivity contribution in [2.75, 3.05) is 6.54 Å². The molecule has 1 heterocycles. The van der Waals surface area contributed by atoms with Gasteiger partial charge in [0.25, 0.3) is 0 Å². The Balaban J connectivity index is 1.61. The van der Waals surface area contributed by atoms with Crippen LogP contribution in [0.4, 0.5) is 0 Å². The van der Waals surface area contributed by atoms with Crippen molar-refractivity contribution in [2.24, 2.45) is 5.92 Å². The molecule has 0 aromatic heterocycles. The van der Waals surface area contributed by atoms with Crippen LogP contribution in [-0.4, -0.2) is 18.6 Å². The molecule has 2 fully saturated rings. The fourth-order valence-corrected chi connectivity index (χ4v) is 4.19. The van der Waals surface area contributed by atoms with Crippen LogP contribution in [0.5, 0.6) is 0 Å². The molecular formula is C19H30N2. The summed E-state index contributed by atoms with van der Waals surface area (Å²) >= 11 is 0. The van der Waals surface area contributed by atoms with Gasteiger partial charge in [-0.25, -0.2) is 0 Å². The van der Waals surface area contributed by atoms with E-state index in [1.807, 2.05) is 0 Å². The van der Waals surface area contributed by atoms with Crippen molar-refractivity contribution in [1.29, 1.82) is 0 Å². The number of hydrogen-bond acceptors (Lipinski definition) is 2. The number of benzene rings is 1. The van der Waals surface area contributed by atoms with Crippen molar-refractivity contribution in [3.8, 4) is 0 Å². The van der Waals surface area contributed by atoms with Gasteiger partial charge in [0.15, 0.2) is 0 Å². The summed E-state index contributed by atoms with van der Waals surface area (Å²) in [6.45, 7) is 5.69. The molecule has 0 radical (unpaired) electrons. The van der Waals surface area contributed by atoms with Crippen molar-refractivity contribution in [3.05, 3.63) is 35.4 Å². The Labute approximate surface area is 129 Å². The van der Waals surface area contributed by atoms with Crippen LogP contribution < -0.4 is 10.6 Å². The summed E-state index contributed by atoms with van der Waals surface area (Å²) in [6.07, 6.45) is 8.29. The predicted molar refractivity (Wildman–Crippen MR) is 89.5 cm³/mol. The largest absolute Gasteiger partial charge is 0.314 e. The van der Waals surface area contributed by atoms with Crippen molar-refractivity contribution < 1.29 is 0 Å². The Hall–Kier alpha value is -0.860. The standard InChI is InChI=1S/C19H30N2/c1-14-9-11-16(12-10-14)15(2)21-19-8-5-6-17(19)18-7-3-4-13-20-18/h9-12,15,17-21H,3-8,13H2,1-2H3. The second-order valence-corrected chi connectivity index (χ2v) is 7.06. The first-order valence-corrected chi connectivity index (χ1v) is 8.80. The Morgan fingerprint density at radius 3 is 2.57 bits per heavy atom. The normalized spacial score (nSPS) is 31.2. The van der Waals surface area contributed by atoms with E-state index in [1.165, 1.54) is 56.2 Å². The Bertz CT molecular complexity index is 433. The fourth-order valence-electron chi connectivity index (χ4n) is 4.19. The summed E-state index contributed by atoms with van der Waals surface area (Å²) in [7, 11) is 0. The molecule has 0 amide bonds. The van der Waals surface area contributed by atoms with Gasteiger partial charge in [-0.15, -0.1) is 0 Å². The zero-order valence-corrected chi connectivity index (χ0v) is 13.6. The van der Waals surface area contributed by atoms with Gasteiger partial charge >= 0.3 is 0 Å². The molecule has 21 heavy (non-hydrogen) atoms. The molecule has 1 aliphatic heterocycles. The monoisotopic (exact) mass is 286 g/mol. The summed E-state index contributed by atoms with van der Waals surface area (Å²) in [5.74, 6) is 0.832. The Morgan fingerprint density at radius 1 is 1.05 bits per heavy atom. The summed E-state index contributed by atoms with van der Waals surface area (Å²) in [5.41, 5.74) is 2.76. The molecule has 4 unspecified atom stereocenters. The first-order valence-electron chi connectivity index (χ1n) is 8.80. The van der Waals surface area contributed by atoms with E-state index in [0.717, 1.165) is 12.0 Å². The van der Waals surface area contributed by atoms with Crippen molar-refractivity contribution in [2.45, 2.75) is 70.5 Å². The van der Waals surface area contributed by atoms with Crippen LogP contribution in [0.25, 0.3) is 0 Å². The Morgan fingerprint density at radius 2 is 1.86 bits per heavy atom. The highest BCUT2D eigenvalue weighted by Gasteiger charge is 2.34. The lowest BCUT2D eigenvalue weighted by Gasteiger charge is -2.34. The topological polar surface area (TPSA) is 24.1 Å². The Kier molecular flexibility index (Phi) is 4.97. The van der Waals surface area contributed by atoms with Crippen molar-refractivity contribution in [1.82, 2.24) is 10.6 Å². The molecule has 1 aliphatic carbocycles. The molecule has 0 bridgehead atoms. The zero-order chi connectivity index (χ0) is 14.7. The van der Waals surface area contributed by atoms with Gasteiger partial charge in [0.05, 0.1) is 0 Å². The second kappa shape index (κ2) is 6.93. The van der Waals surface area contributed by atoms with Crippen molar-refractivity contribution in [3.63, 3.8) is 0 Å². The quantitative estimate of drug-likeness (QED) is 0.875. The SMILES string of the molecule is Cc1ccc(C(C)NC2CCCC2C2CCCCN2)cc1. The minimum atomic E-state index is 0.458. The number of piperidine rings is 1. The lowest BCUT2D eigenvalue weighted by atomic mass is 9.88. The van der Waals surface area contributed by atoms with E-state index in [0.29, 0.717) is 12.1 Å². The van der Waals surface area contributed by atoms with Crippen LogP contribution in [0.1, 0.15) is 62.6 Å². The molecular weight excluding hydrogens is 256 g/mol. The minimum Gasteiger partial charge on any atom is -0.314 e. The molecule has 4 atom stereocenters. The number of nitrogens with one attached hydrogen (secondary N) is 2. The molecule has 0 spiro atoms. The number of aryl methyl sites for hydroxylation is 1. The first-order chi connectivity index (χ1) is 10.2. The van der Waals surface area contributed by atoms with Gasteiger partial charge in [0.1, 0.15) is 0 Å². The molecule has 1 aromatic carbocycles. The first kappa shape index (κ1) is 15.1. The average molecular weight is 286 g/mol. The van der Waals surface area contributed by atoms with E-state index in [1.54, 1.807) is 0 Å². The van der Waals surface area contributed by atoms with E-state index in [-0.39, 0.29) is 0 Å². The molecule has 1 aromatic rings. The maximum absolute atomic E-state index is 3.92. The van der Waals surface area contributed by atoms with Crippen LogP contribution in [0.15, 0.2) is 24.3 Å². The van der Waals surface area contributed by atoms with Gasteiger partial charge in [-0.3, -0.25) is 0 Å². The molecule has 116 valence electrons. The predicted octanol–water partition coefficient (Wildman–Crippen LogP) is 3.96. The third-order valence-electron chi connectivity index (χ3n) is 5.48. The third kappa shape index (κ3) is 3.67. The number of hydrogen-bond donors (Lipinski definition) is 2. The van der Waals surface area contributed by atoms with E-state index in [2.05, 4.69) is 48.7 Å². The third-order valence-corrected chi connectivity index (χ3v) is 5.48. The highest BCUT2D eigenvalue weighted by atomic mass is 15.0. The molecule has 2 nitrogen and oxygen atoms in total. The summed E-state index contributed by atoms with van der Waals surface area (Å²) in [4.78, 5) is 0.